The molecule has 0 aromatic heterocycles. The van der Waals surface area contributed by atoms with Gasteiger partial charge in [0, 0.05) is 41.2 Å². The fourth-order valence-corrected chi connectivity index (χ4v) is 4.93. The molecular weight excluding hydrogens is 458 g/mol. The van der Waals surface area contributed by atoms with Crippen molar-refractivity contribution in [3.8, 4) is 5.75 Å². The average Bonchev–Trinajstić information content (AvgIpc) is 3.21. The van der Waals surface area contributed by atoms with Crippen LogP contribution in [0.1, 0.15) is 41.2 Å². The Morgan fingerprint density at radius 1 is 0.919 bits per heavy atom. The summed E-state index contributed by atoms with van der Waals surface area (Å²) >= 11 is 0. The zero-order chi connectivity index (χ0) is 25.9. The number of anilines is 2. The maximum Gasteiger partial charge on any atom is 0.256 e. The maximum absolute atomic E-state index is 12.7. The van der Waals surface area contributed by atoms with Gasteiger partial charge in [0.15, 0.2) is 0 Å². The number of carbonyl (C=O) groups excluding carboxylic acids is 1. The lowest BCUT2D eigenvalue weighted by atomic mass is 9.91. The fraction of sp³-hybridized carbons (Fsp3) is 0.219. The highest BCUT2D eigenvalue weighted by Crippen LogP contribution is 2.38. The zero-order valence-corrected chi connectivity index (χ0v) is 21.9. The molecular formula is C32H33N3O2. The van der Waals surface area contributed by atoms with Crippen molar-refractivity contribution in [2.24, 2.45) is 0 Å². The van der Waals surface area contributed by atoms with Gasteiger partial charge in [-0.2, -0.15) is 0 Å². The van der Waals surface area contributed by atoms with Gasteiger partial charge in [-0.1, -0.05) is 55.5 Å². The highest BCUT2D eigenvalue weighted by Gasteiger charge is 2.25. The van der Waals surface area contributed by atoms with E-state index >= 15 is 0 Å². The summed E-state index contributed by atoms with van der Waals surface area (Å²) in [7, 11) is 5.80. The van der Waals surface area contributed by atoms with Crippen molar-refractivity contribution in [1.82, 2.24) is 4.90 Å². The van der Waals surface area contributed by atoms with Crippen LogP contribution >= 0.6 is 0 Å². The molecule has 0 unspecified atom stereocenters. The third kappa shape index (κ3) is 5.23. The van der Waals surface area contributed by atoms with Crippen molar-refractivity contribution in [3.63, 3.8) is 0 Å². The first-order chi connectivity index (χ1) is 17.9. The largest absolute Gasteiger partial charge is 0.497 e. The Hall–Kier alpha value is -4.09. The molecule has 188 valence electrons. The summed E-state index contributed by atoms with van der Waals surface area (Å²) in [5, 5.41) is 6.53. The predicted octanol–water partition coefficient (Wildman–Crippen LogP) is 6.55. The van der Waals surface area contributed by atoms with Crippen LogP contribution in [0.2, 0.25) is 0 Å². The van der Waals surface area contributed by atoms with Crippen LogP contribution < -0.4 is 15.4 Å². The van der Waals surface area contributed by atoms with E-state index in [1.54, 1.807) is 7.11 Å². The van der Waals surface area contributed by atoms with E-state index in [4.69, 9.17) is 4.74 Å². The Labute approximate surface area is 219 Å². The van der Waals surface area contributed by atoms with Gasteiger partial charge in [-0.15, -0.1) is 0 Å². The van der Waals surface area contributed by atoms with Gasteiger partial charge in [-0.3, -0.25) is 4.79 Å². The summed E-state index contributed by atoms with van der Waals surface area (Å²) in [6.07, 6.45) is 7.37. The number of fused-ring (bicyclic) bond motifs is 2. The molecule has 0 bridgehead atoms. The first kappa shape index (κ1) is 24.6. The molecule has 37 heavy (non-hydrogen) atoms. The normalized spacial score (nSPS) is 15.7. The zero-order valence-electron chi connectivity index (χ0n) is 21.9. The van der Waals surface area contributed by atoms with Crippen LogP contribution in [0.4, 0.5) is 11.4 Å². The Balaban J connectivity index is 1.44. The highest BCUT2D eigenvalue weighted by molar-refractivity contribution is 6.35. The number of hydrogen-bond donors (Lipinski definition) is 2. The molecule has 2 N–H and O–H groups in total. The summed E-state index contributed by atoms with van der Waals surface area (Å²) in [5.74, 6) is 0.636. The van der Waals surface area contributed by atoms with Gasteiger partial charge in [0.2, 0.25) is 0 Å². The predicted molar refractivity (Wildman–Crippen MR) is 155 cm³/mol. The van der Waals surface area contributed by atoms with Gasteiger partial charge in [0.1, 0.15) is 5.75 Å². The first-order valence-corrected chi connectivity index (χ1v) is 12.7. The van der Waals surface area contributed by atoms with Crippen LogP contribution in [-0.2, 0) is 11.3 Å². The summed E-state index contributed by atoms with van der Waals surface area (Å²) in [5.41, 5.74) is 10.7. The second-order valence-electron chi connectivity index (χ2n) is 9.77. The summed E-state index contributed by atoms with van der Waals surface area (Å²) < 4.78 is 5.37. The van der Waals surface area contributed by atoms with E-state index in [0.29, 0.717) is 5.57 Å². The lowest BCUT2D eigenvalue weighted by molar-refractivity contribution is -0.110. The van der Waals surface area contributed by atoms with E-state index in [1.165, 1.54) is 27.8 Å². The van der Waals surface area contributed by atoms with Gasteiger partial charge in [-0.05, 0) is 78.7 Å². The number of methoxy groups -OCH3 is 1. The van der Waals surface area contributed by atoms with Crippen LogP contribution in [0.3, 0.4) is 0 Å². The van der Waals surface area contributed by atoms with Gasteiger partial charge in [0.25, 0.3) is 5.91 Å². The minimum Gasteiger partial charge on any atom is -0.497 e. The smallest absolute Gasteiger partial charge is 0.256 e. The molecule has 2 aliphatic heterocycles. The Morgan fingerprint density at radius 2 is 1.70 bits per heavy atom. The Bertz CT molecular complexity index is 1430. The molecule has 1 amide bonds. The van der Waals surface area contributed by atoms with E-state index < -0.39 is 0 Å². The number of hydrogen-bond acceptors (Lipinski definition) is 4. The molecule has 0 spiro atoms. The van der Waals surface area contributed by atoms with E-state index in [0.717, 1.165) is 47.8 Å². The number of nitrogens with one attached hydrogen (secondary N) is 2. The average molecular weight is 492 g/mol. The third-order valence-corrected chi connectivity index (χ3v) is 6.88. The molecule has 2 heterocycles. The number of allylic oxidation sites excluding steroid dienone is 2. The second kappa shape index (κ2) is 10.5. The molecule has 2 aliphatic rings. The van der Waals surface area contributed by atoms with Crippen molar-refractivity contribution >= 4 is 40.6 Å². The van der Waals surface area contributed by atoms with Crippen molar-refractivity contribution in [3.05, 3.63) is 100 Å². The molecule has 0 saturated carbocycles. The molecule has 5 rings (SSSR count). The highest BCUT2D eigenvalue weighted by atomic mass is 16.5. The first-order valence-electron chi connectivity index (χ1n) is 12.7. The number of amides is 1. The quantitative estimate of drug-likeness (QED) is 0.368. The van der Waals surface area contributed by atoms with Crippen molar-refractivity contribution in [1.29, 1.82) is 0 Å². The maximum atomic E-state index is 12.7. The SMILES string of the molecule is CCC1=C(C=Cc2ccc(CN(C)C)cc2)c2ccc(C=C3C(=O)Nc4ccc(OC)cc43)cc2NC1. The van der Waals surface area contributed by atoms with Crippen molar-refractivity contribution < 1.29 is 9.53 Å². The molecule has 0 aliphatic carbocycles. The molecule has 0 fully saturated rings. The van der Waals surface area contributed by atoms with E-state index in [9.17, 15) is 4.79 Å². The van der Waals surface area contributed by atoms with E-state index in [-0.39, 0.29) is 5.91 Å². The van der Waals surface area contributed by atoms with Crippen LogP contribution in [0.5, 0.6) is 5.75 Å². The molecule has 0 atom stereocenters. The van der Waals surface area contributed by atoms with Crippen LogP contribution in [-0.4, -0.2) is 38.6 Å². The van der Waals surface area contributed by atoms with Gasteiger partial charge in [0.05, 0.1) is 7.11 Å². The molecule has 5 nitrogen and oxygen atoms in total. The summed E-state index contributed by atoms with van der Waals surface area (Å²) in [4.78, 5) is 14.9. The molecule has 3 aromatic carbocycles. The van der Waals surface area contributed by atoms with E-state index in [1.807, 2.05) is 24.3 Å². The third-order valence-electron chi connectivity index (χ3n) is 6.88. The van der Waals surface area contributed by atoms with Crippen LogP contribution in [0.25, 0.3) is 23.3 Å². The van der Waals surface area contributed by atoms with Gasteiger partial charge >= 0.3 is 0 Å². The van der Waals surface area contributed by atoms with Crippen molar-refractivity contribution in [2.45, 2.75) is 19.9 Å². The van der Waals surface area contributed by atoms with Crippen LogP contribution in [0.15, 0.2) is 72.3 Å². The summed E-state index contributed by atoms with van der Waals surface area (Å²) in [6.45, 7) is 3.95. The van der Waals surface area contributed by atoms with Gasteiger partial charge < -0.3 is 20.3 Å². The monoisotopic (exact) mass is 491 g/mol. The molecule has 0 radical (unpaired) electrons. The van der Waals surface area contributed by atoms with Gasteiger partial charge in [-0.25, -0.2) is 0 Å². The van der Waals surface area contributed by atoms with Crippen LogP contribution in [0, 0.1) is 0 Å². The molecule has 0 saturated heterocycles. The Morgan fingerprint density at radius 3 is 2.43 bits per heavy atom. The number of rotatable bonds is 7. The molecule has 5 heteroatoms. The topological polar surface area (TPSA) is 53.6 Å². The minimum atomic E-state index is -0.0951. The fourth-order valence-electron chi connectivity index (χ4n) is 4.93. The second-order valence-corrected chi connectivity index (χ2v) is 9.77. The number of ether oxygens (including phenoxy) is 1. The lowest BCUT2D eigenvalue weighted by Gasteiger charge is -2.23. The van der Waals surface area contributed by atoms with E-state index in [2.05, 4.69) is 91.2 Å². The minimum absolute atomic E-state index is 0.0951. The molecule has 3 aromatic rings. The summed E-state index contributed by atoms with van der Waals surface area (Å²) in [6, 6.07) is 20.8. The number of benzene rings is 3. The standard InChI is InChI=1S/C32H33N3O2/c1-5-24-19-33-31-17-23(16-29-28-18-25(37-4)12-15-30(28)34-32(29)36)11-14-27(31)26(24)13-10-21-6-8-22(9-7-21)20-35(2)3/h6-18,33H,5,19-20H2,1-4H3,(H,34,36). The number of carbonyl (C=O) groups is 1. The lowest BCUT2D eigenvalue weighted by Crippen LogP contribution is -2.13. The van der Waals surface area contributed by atoms with Crippen molar-refractivity contribution in [2.75, 3.05) is 38.4 Å². The number of nitrogens with zero attached hydrogens (tertiary/aromatic N) is 1. The Kier molecular flexibility index (Phi) is 6.97.